The lowest BCUT2D eigenvalue weighted by Gasteiger charge is -2.05. The highest BCUT2D eigenvalue weighted by molar-refractivity contribution is 6.01. The van der Waals surface area contributed by atoms with Gasteiger partial charge in [-0.3, -0.25) is 9.59 Å². The number of rotatable bonds is 3. The Morgan fingerprint density at radius 3 is 2.60 bits per heavy atom. The molecule has 0 aromatic heterocycles. The molecule has 0 unspecified atom stereocenters. The maximum Gasteiger partial charge on any atom is 0.160 e. The van der Waals surface area contributed by atoms with Crippen molar-refractivity contribution in [2.75, 3.05) is 0 Å². The first-order valence-electron chi connectivity index (χ1n) is 4.67. The minimum atomic E-state index is -0.198. The maximum absolute atomic E-state index is 11.2. The van der Waals surface area contributed by atoms with E-state index in [9.17, 15) is 9.59 Å². The minimum Gasteiger partial charge on any atom is -0.298 e. The Hall–Kier alpha value is -1.95. The summed E-state index contributed by atoms with van der Waals surface area (Å²) < 4.78 is 0. The van der Waals surface area contributed by atoms with E-state index in [1.54, 1.807) is 6.07 Å². The standard InChI is InChI=1S/C12H11NO2/c1-3-9-4-11(7-14)12(8(2)15)5-10(9)6-13/h4-5,7H,3H2,1-2H3. The van der Waals surface area contributed by atoms with Crippen molar-refractivity contribution < 1.29 is 9.59 Å². The minimum absolute atomic E-state index is 0.198. The van der Waals surface area contributed by atoms with E-state index in [4.69, 9.17) is 5.26 Å². The molecule has 0 N–H and O–H groups in total. The Morgan fingerprint density at radius 1 is 1.53 bits per heavy atom. The molecule has 1 rings (SSSR count). The second kappa shape index (κ2) is 4.52. The van der Waals surface area contributed by atoms with Crippen molar-refractivity contribution in [1.82, 2.24) is 0 Å². The Balaban J connectivity index is 3.49. The highest BCUT2D eigenvalue weighted by atomic mass is 16.1. The SMILES string of the molecule is CCc1cc(C=O)c(C(C)=O)cc1C#N. The number of nitriles is 1. The lowest BCUT2D eigenvalue weighted by atomic mass is 9.96. The number of aldehydes is 1. The lowest BCUT2D eigenvalue weighted by Crippen LogP contribution is -2.02. The number of Topliss-reactive ketones (excluding diaryl/α,β-unsaturated/α-hetero) is 1. The molecule has 0 aliphatic heterocycles. The van der Waals surface area contributed by atoms with Crippen LogP contribution < -0.4 is 0 Å². The van der Waals surface area contributed by atoms with Crippen molar-refractivity contribution in [2.45, 2.75) is 20.3 Å². The van der Waals surface area contributed by atoms with Crippen LogP contribution in [-0.4, -0.2) is 12.1 Å². The van der Waals surface area contributed by atoms with E-state index in [1.807, 2.05) is 13.0 Å². The lowest BCUT2D eigenvalue weighted by molar-refractivity contribution is 0.100. The third-order valence-corrected chi connectivity index (χ3v) is 2.28. The summed E-state index contributed by atoms with van der Waals surface area (Å²) in [7, 11) is 0. The average Bonchev–Trinajstić information content (AvgIpc) is 2.26. The van der Waals surface area contributed by atoms with Gasteiger partial charge in [0.25, 0.3) is 0 Å². The van der Waals surface area contributed by atoms with Gasteiger partial charge in [0.15, 0.2) is 12.1 Å². The van der Waals surface area contributed by atoms with Crippen molar-refractivity contribution >= 4 is 12.1 Å². The van der Waals surface area contributed by atoms with Gasteiger partial charge in [-0.05, 0) is 31.0 Å². The first-order chi connectivity index (χ1) is 7.13. The number of nitrogens with zero attached hydrogens (tertiary/aromatic N) is 1. The second-order valence-electron chi connectivity index (χ2n) is 3.24. The van der Waals surface area contributed by atoms with E-state index in [-0.39, 0.29) is 5.78 Å². The van der Waals surface area contributed by atoms with Crippen molar-refractivity contribution in [3.63, 3.8) is 0 Å². The summed E-state index contributed by atoms with van der Waals surface area (Å²) in [5, 5.41) is 8.87. The topological polar surface area (TPSA) is 57.9 Å². The first-order valence-corrected chi connectivity index (χ1v) is 4.67. The summed E-state index contributed by atoms with van der Waals surface area (Å²) >= 11 is 0. The number of carbonyl (C=O) groups is 2. The Bertz CT molecular complexity index is 455. The zero-order valence-electron chi connectivity index (χ0n) is 8.70. The average molecular weight is 201 g/mol. The molecule has 3 heteroatoms. The number of aryl methyl sites for hydroxylation is 1. The van der Waals surface area contributed by atoms with E-state index in [0.29, 0.717) is 29.4 Å². The van der Waals surface area contributed by atoms with Gasteiger partial charge >= 0.3 is 0 Å². The molecule has 76 valence electrons. The third kappa shape index (κ3) is 2.10. The van der Waals surface area contributed by atoms with Crippen LogP contribution in [0.2, 0.25) is 0 Å². The van der Waals surface area contributed by atoms with Crippen LogP contribution in [0.5, 0.6) is 0 Å². The number of hydrogen-bond donors (Lipinski definition) is 0. The first kappa shape index (κ1) is 11.1. The fourth-order valence-electron chi connectivity index (χ4n) is 1.46. The molecule has 0 aliphatic carbocycles. The third-order valence-electron chi connectivity index (χ3n) is 2.28. The summed E-state index contributed by atoms with van der Waals surface area (Å²) in [6, 6.07) is 5.13. The molecule has 1 aromatic carbocycles. The van der Waals surface area contributed by atoms with Gasteiger partial charge in [0, 0.05) is 11.1 Å². The van der Waals surface area contributed by atoms with Gasteiger partial charge in [-0.2, -0.15) is 5.26 Å². The smallest absolute Gasteiger partial charge is 0.160 e. The van der Waals surface area contributed by atoms with Gasteiger partial charge in [-0.1, -0.05) is 6.92 Å². The Kier molecular flexibility index (Phi) is 3.35. The van der Waals surface area contributed by atoms with E-state index in [1.165, 1.54) is 13.0 Å². The number of ketones is 1. The summed E-state index contributed by atoms with van der Waals surface area (Å²) in [4.78, 5) is 22.0. The zero-order valence-corrected chi connectivity index (χ0v) is 8.70. The molecule has 3 nitrogen and oxygen atoms in total. The Labute approximate surface area is 88.3 Å². The molecule has 0 fully saturated rings. The largest absolute Gasteiger partial charge is 0.298 e. The quantitative estimate of drug-likeness (QED) is 0.556. The molecule has 0 aliphatic rings. The highest BCUT2D eigenvalue weighted by Crippen LogP contribution is 2.16. The van der Waals surface area contributed by atoms with Crippen LogP contribution >= 0.6 is 0 Å². The van der Waals surface area contributed by atoms with Crippen LogP contribution in [0.25, 0.3) is 0 Å². The van der Waals surface area contributed by atoms with Crippen molar-refractivity contribution in [3.8, 4) is 6.07 Å². The van der Waals surface area contributed by atoms with E-state index in [0.717, 1.165) is 5.56 Å². The maximum atomic E-state index is 11.2. The molecule has 0 saturated heterocycles. The summed E-state index contributed by atoms with van der Waals surface area (Å²) in [6.07, 6.45) is 1.32. The van der Waals surface area contributed by atoms with Gasteiger partial charge in [0.05, 0.1) is 11.6 Å². The van der Waals surface area contributed by atoms with Crippen LogP contribution in [0, 0.1) is 11.3 Å². The predicted octanol–water partition coefficient (Wildman–Crippen LogP) is 2.14. The number of benzene rings is 1. The fourth-order valence-corrected chi connectivity index (χ4v) is 1.46. The molecule has 0 bridgehead atoms. The molecular weight excluding hydrogens is 190 g/mol. The molecule has 0 radical (unpaired) electrons. The van der Waals surface area contributed by atoms with Crippen LogP contribution in [-0.2, 0) is 6.42 Å². The van der Waals surface area contributed by atoms with Gasteiger partial charge in [0.2, 0.25) is 0 Å². The molecular formula is C12H11NO2. The van der Waals surface area contributed by atoms with E-state index < -0.39 is 0 Å². The molecule has 0 heterocycles. The van der Waals surface area contributed by atoms with E-state index >= 15 is 0 Å². The van der Waals surface area contributed by atoms with Crippen LogP contribution in [0.4, 0.5) is 0 Å². The summed E-state index contributed by atoms with van der Waals surface area (Å²) in [6.45, 7) is 3.29. The molecule has 0 amide bonds. The van der Waals surface area contributed by atoms with Crippen molar-refractivity contribution in [2.24, 2.45) is 0 Å². The second-order valence-corrected chi connectivity index (χ2v) is 3.24. The van der Waals surface area contributed by atoms with Gasteiger partial charge in [-0.25, -0.2) is 0 Å². The number of hydrogen-bond acceptors (Lipinski definition) is 3. The monoisotopic (exact) mass is 201 g/mol. The van der Waals surface area contributed by atoms with Gasteiger partial charge in [0.1, 0.15) is 0 Å². The molecule has 0 saturated carbocycles. The van der Waals surface area contributed by atoms with Crippen LogP contribution in [0.1, 0.15) is 45.7 Å². The van der Waals surface area contributed by atoms with Gasteiger partial charge < -0.3 is 0 Å². The zero-order chi connectivity index (χ0) is 11.4. The van der Waals surface area contributed by atoms with Gasteiger partial charge in [-0.15, -0.1) is 0 Å². The highest BCUT2D eigenvalue weighted by Gasteiger charge is 2.11. The molecule has 15 heavy (non-hydrogen) atoms. The van der Waals surface area contributed by atoms with E-state index in [2.05, 4.69) is 0 Å². The fraction of sp³-hybridized carbons (Fsp3) is 0.250. The normalized spacial score (nSPS) is 9.40. The molecule has 1 aromatic rings. The Morgan fingerprint density at radius 2 is 2.20 bits per heavy atom. The van der Waals surface area contributed by atoms with Crippen LogP contribution in [0.15, 0.2) is 12.1 Å². The molecule has 0 spiro atoms. The summed E-state index contributed by atoms with van der Waals surface area (Å²) in [5.41, 5.74) is 1.94. The van der Waals surface area contributed by atoms with Crippen molar-refractivity contribution in [1.29, 1.82) is 5.26 Å². The molecule has 0 atom stereocenters. The number of carbonyl (C=O) groups excluding carboxylic acids is 2. The predicted molar refractivity (Wildman–Crippen MR) is 55.9 cm³/mol. The van der Waals surface area contributed by atoms with Crippen LogP contribution in [0.3, 0.4) is 0 Å². The summed E-state index contributed by atoms with van der Waals surface area (Å²) in [5.74, 6) is -0.198. The van der Waals surface area contributed by atoms with Crippen molar-refractivity contribution in [3.05, 3.63) is 34.4 Å².